The molecule has 0 radical (unpaired) electrons. The predicted octanol–water partition coefficient (Wildman–Crippen LogP) is 3.60. The molecule has 17 heavy (non-hydrogen) atoms. The average Bonchev–Trinajstić information content (AvgIpc) is 2.79. The van der Waals surface area contributed by atoms with Gasteiger partial charge in [-0.1, -0.05) is 6.92 Å². The summed E-state index contributed by atoms with van der Waals surface area (Å²) in [5.41, 5.74) is 2.63. The summed E-state index contributed by atoms with van der Waals surface area (Å²) >= 11 is 1.79. The first-order chi connectivity index (χ1) is 8.17. The first-order valence-corrected chi connectivity index (χ1v) is 7.22. The lowest BCUT2D eigenvalue weighted by molar-refractivity contribution is 0.526. The number of fused-ring (bicyclic) bond motifs is 1. The molecule has 92 valence electrons. The molecule has 3 heteroatoms. The van der Waals surface area contributed by atoms with Crippen molar-refractivity contribution in [2.24, 2.45) is 0 Å². The largest absolute Gasteiger partial charge is 0.361 e. The van der Waals surface area contributed by atoms with Crippen LogP contribution < -0.4 is 5.32 Å². The molecule has 2 aromatic rings. The minimum absolute atomic E-state index is 0.479. The van der Waals surface area contributed by atoms with Gasteiger partial charge in [0.05, 0.1) is 0 Å². The summed E-state index contributed by atoms with van der Waals surface area (Å²) in [5.74, 6) is 0.505. The van der Waals surface area contributed by atoms with Crippen LogP contribution in [-0.4, -0.2) is 24.3 Å². The Kier molecular flexibility index (Phi) is 3.79. The highest BCUT2D eigenvalue weighted by Crippen LogP contribution is 2.30. The molecule has 2 rings (SSSR count). The minimum atomic E-state index is 0.479. The van der Waals surface area contributed by atoms with Crippen molar-refractivity contribution in [2.45, 2.75) is 30.7 Å². The van der Waals surface area contributed by atoms with Crippen LogP contribution in [0.2, 0.25) is 0 Å². The maximum atomic E-state index is 3.36. The monoisotopic (exact) mass is 248 g/mol. The smallest absolute Gasteiger partial charge is 0.0457 e. The molecule has 0 saturated carbocycles. The van der Waals surface area contributed by atoms with Gasteiger partial charge in [-0.05, 0) is 49.9 Å². The van der Waals surface area contributed by atoms with E-state index in [4.69, 9.17) is 0 Å². The molecule has 0 spiro atoms. The third-order valence-electron chi connectivity index (χ3n) is 3.62. The Labute approximate surface area is 107 Å². The van der Waals surface area contributed by atoms with E-state index in [-0.39, 0.29) is 0 Å². The number of benzene rings is 1. The summed E-state index contributed by atoms with van der Waals surface area (Å²) in [7, 11) is 2.02. The molecule has 1 heterocycles. The summed E-state index contributed by atoms with van der Waals surface area (Å²) < 4.78 is 0. The number of hydrogen-bond donors (Lipinski definition) is 2. The van der Waals surface area contributed by atoms with E-state index in [9.17, 15) is 0 Å². The molecule has 1 aromatic carbocycles. The molecule has 2 unspecified atom stereocenters. The number of H-pyrrole nitrogens is 1. The maximum Gasteiger partial charge on any atom is 0.0457 e. The SMILES string of the molecule is CNC(C)C(C)c1c[nH]c2ccc(SC)cc12. The number of aromatic nitrogens is 1. The lowest BCUT2D eigenvalue weighted by Gasteiger charge is -2.18. The van der Waals surface area contributed by atoms with Crippen LogP contribution >= 0.6 is 11.8 Å². The van der Waals surface area contributed by atoms with Crippen LogP contribution in [0.4, 0.5) is 0 Å². The van der Waals surface area contributed by atoms with Crippen LogP contribution in [0.1, 0.15) is 25.3 Å². The number of nitrogens with one attached hydrogen (secondary N) is 2. The number of rotatable bonds is 4. The molecule has 0 aliphatic rings. The van der Waals surface area contributed by atoms with Crippen molar-refractivity contribution in [3.05, 3.63) is 30.0 Å². The Morgan fingerprint density at radius 2 is 2.06 bits per heavy atom. The van der Waals surface area contributed by atoms with E-state index in [0.717, 1.165) is 0 Å². The third-order valence-corrected chi connectivity index (χ3v) is 4.34. The summed E-state index contributed by atoms with van der Waals surface area (Å²) in [6, 6.07) is 7.10. The van der Waals surface area contributed by atoms with Crippen LogP contribution in [0.3, 0.4) is 0 Å². The zero-order valence-electron chi connectivity index (χ0n) is 10.9. The average molecular weight is 248 g/mol. The highest BCUT2D eigenvalue weighted by Gasteiger charge is 2.16. The van der Waals surface area contributed by atoms with Gasteiger partial charge in [0.15, 0.2) is 0 Å². The van der Waals surface area contributed by atoms with Gasteiger partial charge in [-0.25, -0.2) is 0 Å². The number of likely N-dealkylation sites (N-methyl/N-ethyl adjacent to an activating group) is 1. The summed E-state index contributed by atoms with van der Waals surface area (Å²) in [6.07, 6.45) is 4.26. The van der Waals surface area contributed by atoms with Crippen molar-refractivity contribution in [1.29, 1.82) is 0 Å². The topological polar surface area (TPSA) is 27.8 Å². The van der Waals surface area contributed by atoms with Crippen molar-refractivity contribution in [1.82, 2.24) is 10.3 Å². The van der Waals surface area contributed by atoms with E-state index in [1.807, 2.05) is 7.05 Å². The molecule has 2 N–H and O–H groups in total. The first kappa shape index (κ1) is 12.5. The van der Waals surface area contributed by atoms with Crippen LogP contribution in [-0.2, 0) is 0 Å². The second kappa shape index (κ2) is 5.15. The summed E-state index contributed by atoms with van der Waals surface area (Å²) in [4.78, 5) is 4.68. The first-order valence-electron chi connectivity index (χ1n) is 5.99. The van der Waals surface area contributed by atoms with Gasteiger partial charge >= 0.3 is 0 Å². The van der Waals surface area contributed by atoms with E-state index in [0.29, 0.717) is 12.0 Å². The van der Waals surface area contributed by atoms with E-state index < -0.39 is 0 Å². The van der Waals surface area contributed by atoms with Gasteiger partial charge < -0.3 is 10.3 Å². The number of hydrogen-bond acceptors (Lipinski definition) is 2. The van der Waals surface area contributed by atoms with E-state index in [2.05, 4.69) is 54.8 Å². The Bertz CT molecular complexity index is 504. The van der Waals surface area contributed by atoms with Crippen molar-refractivity contribution in [3.63, 3.8) is 0 Å². The maximum absolute atomic E-state index is 3.36. The Balaban J connectivity index is 2.47. The molecular formula is C14H20N2S. The van der Waals surface area contributed by atoms with Gasteiger partial charge in [-0.2, -0.15) is 0 Å². The standard InChI is InChI=1S/C14H20N2S/c1-9(10(2)15-3)13-8-16-14-6-5-11(17-4)7-12(13)14/h5-10,15-16H,1-4H3. The fraction of sp³-hybridized carbons (Fsp3) is 0.429. The predicted molar refractivity (Wildman–Crippen MR) is 77.0 cm³/mol. The Morgan fingerprint density at radius 3 is 2.71 bits per heavy atom. The van der Waals surface area contributed by atoms with Gasteiger partial charge in [-0.15, -0.1) is 11.8 Å². The van der Waals surface area contributed by atoms with E-state index in [1.54, 1.807) is 11.8 Å². The minimum Gasteiger partial charge on any atom is -0.361 e. The summed E-state index contributed by atoms with van der Waals surface area (Å²) in [6.45, 7) is 4.50. The lowest BCUT2D eigenvalue weighted by atomic mass is 9.94. The van der Waals surface area contributed by atoms with Gasteiger partial charge in [0.2, 0.25) is 0 Å². The molecule has 0 fully saturated rings. The van der Waals surface area contributed by atoms with Gasteiger partial charge in [-0.3, -0.25) is 0 Å². The molecule has 1 aromatic heterocycles. The highest BCUT2D eigenvalue weighted by molar-refractivity contribution is 7.98. The Hall–Kier alpha value is -0.930. The van der Waals surface area contributed by atoms with Crippen molar-refractivity contribution < 1.29 is 0 Å². The number of aromatic amines is 1. The van der Waals surface area contributed by atoms with Gasteiger partial charge in [0.25, 0.3) is 0 Å². The molecule has 0 aliphatic carbocycles. The van der Waals surface area contributed by atoms with Crippen LogP contribution in [0.5, 0.6) is 0 Å². The van der Waals surface area contributed by atoms with Crippen LogP contribution in [0, 0.1) is 0 Å². The second-order valence-electron chi connectivity index (χ2n) is 4.52. The quantitative estimate of drug-likeness (QED) is 0.809. The van der Waals surface area contributed by atoms with E-state index >= 15 is 0 Å². The fourth-order valence-electron chi connectivity index (χ4n) is 2.14. The summed E-state index contributed by atoms with van der Waals surface area (Å²) in [5, 5.41) is 4.68. The van der Waals surface area contributed by atoms with Gasteiger partial charge in [0.1, 0.15) is 0 Å². The second-order valence-corrected chi connectivity index (χ2v) is 5.40. The molecule has 2 atom stereocenters. The Morgan fingerprint density at radius 1 is 1.29 bits per heavy atom. The lowest BCUT2D eigenvalue weighted by Crippen LogP contribution is -2.26. The van der Waals surface area contributed by atoms with Crippen molar-refractivity contribution >= 4 is 22.7 Å². The zero-order valence-corrected chi connectivity index (χ0v) is 11.7. The van der Waals surface area contributed by atoms with Crippen LogP contribution in [0.25, 0.3) is 10.9 Å². The van der Waals surface area contributed by atoms with Crippen LogP contribution in [0.15, 0.2) is 29.3 Å². The van der Waals surface area contributed by atoms with E-state index in [1.165, 1.54) is 21.4 Å². The molecule has 0 saturated heterocycles. The highest BCUT2D eigenvalue weighted by atomic mass is 32.2. The van der Waals surface area contributed by atoms with Gasteiger partial charge in [0, 0.05) is 28.0 Å². The molecule has 0 aliphatic heterocycles. The molecule has 0 amide bonds. The number of thioether (sulfide) groups is 1. The third kappa shape index (κ3) is 2.35. The van der Waals surface area contributed by atoms with Crippen molar-refractivity contribution in [3.8, 4) is 0 Å². The van der Waals surface area contributed by atoms with Crippen molar-refractivity contribution in [2.75, 3.05) is 13.3 Å². The normalized spacial score (nSPS) is 15.1. The fourth-order valence-corrected chi connectivity index (χ4v) is 2.58. The molecule has 2 nitrogen and oxygen atoms in total. The zero-order chi connectivity index (χ0) is 12.4. The molecular weight excluding hydrogens is 228 g/mol. The molecule has 0 bridgehead atoms.